The molecule has 1 unspecified atom stereocenters. The zero-order chi connectivity index (χ0) is 32.9. The van der Waals surface area contributed by atoms with Crippen LogP contribution in [0.5, 0.6) is 0 Å². The number of piperidine rings is 4. The van der Waals surface area contributed by atoms with E-state index in [0.717, 1.165) is 68.9 Å². The molecule has 0 bridgehead atoms. The van der Waals surface area contributed by atoms with Gasteiger partial charge in [0.05, 0.1) is 0 Å². The zero-order valence-corrected chi connectivity index (χ0v) is 31.1. The van der Waals surface area contributed by atoms with Crippen LogP contribution in [0.2, 0.25) is 0 Å². The summed E-state index contributed by atoms with van der Waals surface area (Å²) in [6.45, 7) is 21.2. The van der Waals surface area contributed by atoms with Crippen molar-refractivity contribution in [1.29, 1.82) is 0 Å². The van der Waals surface area contributed by atoms with E-state index in [1.54, 1.807) is 0 Å². The summed E-state index contributed by atoms with van der Waals surface area (Å²) in [4.78, 5) is 35.2. The van der Waals surface area contributed by atoms with Crippen LogP contribution in [0.15, 0.2) is 0 Å². The van der Waals surface area contributed by atoms with Crippen molar-refractivity contribution in [2.45, 2.75) is 156 Å². The van der Waals surface area contributed by atoms with E-state index in [1.807, 2.05) is 0 Å². The molecule has 0 spiro atoms. The SMILES string of the molecule is CCC(C)N1CCC(CCCC2CCN(CCC(=O)N3CCC(CCCC4CCN(C(=O)CCC(C)(C)C)CC4)CC3)CC2)CC1. The van der Waals surface area contributed by atoms with E-state index in [-0.39, 0.29) is 5.41 Å². The van der Waals surface area contributed by atoms with Gasteiger partial charge in [0.25, 0.3) is 0 Å². The van der Waals surface area contributed by atoms with E-state index in [2.05, 4.69) is 54.2 Å². The number of rotatable bonds is 15. The van der Waals surface area contributed by atoms with Crippen LogP contribution in [0, 0.1) is 29.1 Å². The van der Waals surface area contributed by atoms with Crippen LogP contribution in [0.3, 0.4) is 0 Å². The molecule has 0 radical (unpaired) electrons. The van der Waals surface area contributed by atoms with Crippen LogP contribution in [0.1, 0.15) is 150 Å². The maximum Gasteiger partial charge on any atom is 0.223 e. The topological polar surface area (TPSA) is 47.1 Å². The van der Waals surface area contributed by atoms with Crippen LogP contribution >= 0.6 is 0 Å². The Morgan fingerprint density at radius 3 is 1.41 bits per heavy atom. The molecule has 2 amide bonds. The van der Waals surface area contributed by atoms with Gasteiger partial charge in [0.1, 0.15) is 0 Å². The maximum absolute atomic E-state index is 13.0. The molecule has 6 heteroatoms. The molecule has 6 nitrogen and oxygen atoms in total. The molecule has 46 heavy (non-hydrogen) atoms. The van der Waals surface area contributed by atoms with Gasteiger partial charge in [0.15, 0.2) is 0 Å². The highest BCUT2D eigenvalue weighted by atomic mass is 16.2. The predicted octanol–water partition coefficient (Wildman–Crippen LogP) is 8.24. The number of amides is 2. The van der Waals surface area contributed by atoms with E-state index < -0.39 is 0 Å². The molecule has 0 aromatic rings. The summed E-state index contributed by atoms with van der Waals surface area (Å²) >= 11 is 0. The number of likely N-dealkylation sites (tertiary alicyclic amines) is 4. The second kappa shape index (κ2) is 19.2. The molecule has 0 aromatic heterocycles. The summed E-state index contributed by atoms with van der Waals surface area (Å²) in [6.07, 6.45) is 22.2. The Labute approximate surface area is 284 Å². The van der Waals surface area contributed by atoms with Gasteiger partial charge in [-0.25, -0.2) is 0 Å². The molecule has 0 aromatic carbocycles. The zero-order valence-electron chi connectivity index (χ0n) is 31.1. The number of carbonyl (C=O) groups excluding carboxylic acids is 2. The Hall–Kier alpha value is -1.14. The highest BCUT2D eigenvalue weighted by Crippen LogP contribution is 2.30. The highest BCUT2D eigenvalue weighted by molar-refractivity contribution is 5.76. The van der Waals surface area contributed by atoms with Crippen LogP contribution in [0.25, 0.3) is 0 Å². The second-order valence-electron chi connectivity index (χ2n) is 17.3. The van der Waals surface area contributed by atoms with E-state index in [9.17, 15) is 9.59 Å². The first-order chi connectivity index (χ1) is 22.1. The van der Waals surface area contributed by atoms with Gasteiger partial charge in [0.2, 0.25) is 11.8 Å². The minimum atomic E-state index is 0.235. The van der Waals surface area contributed by atoms with Gasteiger partial charge in [-0.05, 0) is 126 Å². The number of hydrogen-bond acceptors (Lipinski definition) is 4. The first kappa shape index (κ1) is 37.7. The molecule has 266 valence electrons. The van der Waals surface area contributed by atoms with Gasteiger partial charge in [-0.3, -0.25) is 9.59 Å². The lowest BCUT2D eigenvalue weighted by Gasteiger charge is -2.36. The smallest absolute Gasteiger partial charge is 0.223 e. The third kappa shape index (κ3) is 13.1. The minimum absolute atomic E-state index is 0.235. The van der Waals surface area contributed by atoms with Crippen molar-refractivity contribution in [3.8, 4) is 0 Å². The molecule has 0 N–H and O–H groups in total. The van der Waals surface area contributed by atoms with Gasteiger partial charge in [-0.2, -0.15) is 0 Å². The number of nitrogens with zero attached hydrogens (tertiary/aromatic N) is 4. The van der Waals surface area contributed by atoms with Gasteiger partial charge < -0.3 is 19.6 Å². The van der Waals surface area contributed by atoms with Gasteiger partial charge in [-0.15, -0.1) is 0 Å². The first-order valence-corrected chi connectivity index (χ1v) is 20.1. The van der Waals surface area contributed by atoms with E-state index in [1.165, 1.54) is 122 Å². The van der Waals surface area contributed by atoms with E-state index in [0.29, 0.717) is 24.7 Å². The molecule has 0 aliphatic carbocycles. The molecule has 4 aliphatic heterocycles. The van der Waals surface area contributed by atoms with Crippen molar-refractivity contribution in [2.75, 3.05) is 58.9 Å². The monoisotopic (exact) mass is 643 g/mol. The molecular formula is C40H74N4O2. The lowest BCUT2D eigenvalue weighted by atomic mass is 9.86. The highest BCUT2D eigenvalue weighted by Gasteiger charge is 2.27. The molecular weight excluding hydrogens is 568 g/mol. The summed E-state index contributed by atoms with van der Waals surface area (Å²) in [5.74, 6) is 4.21. The fraction of sp³-hybridized carbons (Fsp3) is 0.950. The van der Waals surface area contributed by atoms with E-state index in [4.69, 9.17) is 0 Å². The predicted molar refractivity (Wildman–Crippen MR) is 193 cm³/mol. The molecule has 0 saturated carbocycles. The van der Waals surface area contributed by atoms with Crippen molar-refractivity contribution in [1.82, 2.24) is 19.6 Å². The Balaban J connectivity index is 0.979. The fourth-order valence-corrected chi connectivity index (χ4v) is 8.82. The standard InChI is InChI=1S/C40H74N4O2/c1-6-33(2)42-27-16-35(17-28-42)10-7-9-34-14-24-41(25-15-34)26-22-39(46)44-31-20-37(21-32-44)12-8-11-36-18-29-43(30-19-36)38(45)13-23-40(3,4)5/h33-37H,6-32H2,1-5H3. The van der Waals surface area contributed by atoms with Crippen molar-refractivity contribution in [2.24, 2.45) is 29.1 Å². The lowest BCUT2D eigenvalue weighted by molar-refractivity contribution is -0.133. The first-order valence-electron chi connectivity index (χ1n) is 20.1. The van der Waals surface area contributed by atoms with Crippen molar-refractivity contribution >= 4 is 11.8 Å². The Morgan fingerprint density at radius 1 is 0.609 bits per heavy atom. The second-order valence-corrected chi connectivity index (χ2v) is 17.3. The van der Waals surface area contributed by atoms with Crippen molar-refractivity contribution in [3.63, 3.8) is 0 Å². The van der Waals surface area contributed by atoms with Gasteiger partial charge >= 0.3 is 0 Å². The summed E-state index contributed by atoms with van der Waals surface area (Å²) in [7, 11) is 0. The summed E-state index contributed by atoms with van der Waals surface area (Å²) in [5.41, 5.74) is 0.235. The van der Waals surface area contributed by atoms with E-state index >= 15 is 0 Å². The molecule has 4 rings (SSSR count). The van der Waals surface area contributed by atoms with Gasteiger partial charge in [-0.1, -0.05) is 66.2 Å². The maximum atomic E-state index is 13.0. The number of carbonyl (C=O) groups is 2. The van der Waals surface area contributed by atoms with Crippen LogP contribution < -0.4 is 0 Å². The van der Waals surface area contributed by atoms with Crippen molar-refractivity contribution in [3.05, 3.63) is 0 Å². The third-order valence-electron chi connectivity index (χ3n) is 12.7. The summed E-state index contributed by atoms with van der Waals surface area (Å²) in [6, 6.07) is 0.761. The normalized spacial score (nSPS) is 23.2. The van der Waals surface area contributed by atoms with Crippen molar-refractivity contribution < 1.29 is 9.59 Å². The summed E-state index contributed by atoms with van der Waals surface area (Å²) in [5, 5.41) is 0. The van der Waals surface area contributed by atoms with Crippen LogP contribution in [-0.2, 0) is 9.59 Å². The number of hydrogen-bond donors (Lipinski definition) is 0. The largest absolute Gasteiger partial charge is 0.343 e. The van der Waals surface area contributed by atoms with Crippen LogP contribution in [0.4, 0.5) is 0 Å². The quantitative estimate of drug-likeness (QED) is 0.181. The average molecular weight is 643 g/mol. The Kier molecular flexibility index (Phi) is 15.7. The Bertz CT molecular complexity index is 870. The molecule has 4 saturated heterocycles. The van der Waals surface area contributed by atoms with Gasteiger partial charge in [0, 0.05) is 51.6 Å². The fourth-order valence-electron chi connectivity index (χ4n) is 8.82. The molecule has 1 atom stereocenters. The molecule has 4 aliphatic rings. The Morgan fingerprint density at radius 2 is 1.00 bits per heavy atom. The molecule has 4 heterocycles. The third-order valence-corrected chi connectivity index (χ3v) is 12.7. The summed E-state index contributed by atoms with van der Waals surface area (Å²) < 4.78 is 0. The van der Waals surface area contributed by atoms with Crippen LogP contribution in [-0.4, -0.2) is 96.4 Å². The molecule has 4 fully saturated rings. The lowest BCUT2D eigenvalue weighted by Crippen LogP contribution is -2.41. The minimum Gasteiger partial charge on any atom is -0.343 e. The average Bonchev–Trinajstić information content (AvgIpc) is 3.07.